The molecule has 1 N–H and O–H groups in total. The van der Waals surface area contributed by atoms with E-state index in [1.54, 1.807) is 22.8 Å². The van der Waals surface area contributed by atoms with Crippen LogP contribution in [-0.4, -0.2) is 36.3 Å². The number of sulfonamides is 1. The van der Waals surface area contributed by atoms with E-state index in [0.717, 1.165) is 29.3 Å². The SMILES string of the molecule is Cc1cc(=O)n(CCC(=O)Nc2ccc(S(=O)(=O)N3CCCC3)cc2)c2ccccc12. The highest BCUT2D eigenvalue weighted by molar-refractivity contribution is 7.89. The molecule has 1 saturated heterocycles. The van der Waals surface area contributed by atoms with E-state index in [9.17, 15) is 18.0 Å². The highest BCUT2D eigenvalue weighted by atomic mass is 32.2. The van der Waals surface area contributed by atoms with E-state index < -0.39 is 10.0 Å². The van der Waals surface area contributed by atoms with Crippen LogP contribution in [0.3, 0.4) is 0 Å². The summed E-state index contributed by atoms with van der Waals surface area (Å²) in [5.41, 5.74) is 2.09. The number of pyridine rings is 1. The van der Waals surface area contributed by atoms with Gasteiger partial charge in [0.25, 0.3) is 5.56 Å². The van der Waals surface area contributed by atoms with Crippen molar-refractivity contribution in [3.05, 3.63) is 70.5 Å². The number of nitrogens with zero attached hydrogens (tertiary/aromatic N) is 2. The summed E-state index contributed by atoms with van der Waals surface area (Å²) in [6.45, 7) is 3.25. The van der Waals surface area contributed by atoms with Gasteiger partial charge in [0.15, 0.2) is 0 Å². The number of para-hydroxylation sites is 1. The maximum absolute atomic E-state index is 12.6. The highest BCUT2D eigenvalue weighted by Crippen LogP contribution is 2.22. The standard InChI is InChI=1S/C23H25N3O4S/c1-17-16-23(28)26(21-7-3-2-6-20(17)21)15-12-22(27)24-18-8-10-19(11-9-18)31(29,30)25-13-4-5-14-25/h2-3,6-11,16H,4-5,12-15H2,1H3,(H,24,27). The van der Waals surface area contributed by atoms with Crippen molar-refractivity contribution in [2.24, 2.45) is 0 Å². The first-order valence-corrected chi connectivity index (χ1v) is 11.8. The van der Waals surface area contributed by atoms with Gasteiger partial charge in [-0.2, -0.15) is 4.31 Å². The summed E-state index contributed by atoms with van der Waals surface area (Å²) < 4.78 is 28.3. The molecule has 1 aliphatic rings. The molecule has 31 heavy (non-hydrogen) atoms. The fourth-order valence-corrected chi connectivity index (χ4v) is 5.47. The summed E-state index contributed by atoms with van der Waals surface area (Å²) in [5.74, 6) is -0.244. The van der Waals surface area contributed by atoms with Crippen molar-refractivity contribution in [2.45, 2.75) is 37.6 Å². The fraction of sp³-hybridized carbons (Fsp3) is 0.304. The normalized spacial score (nSPS) is 14.7. The van der Waals surface area contributed by atoms with Crippen LogP contribution in [0.5, 0.6) is 0 Å². The third-order valence-electron chi connectivity index (χ3n) is 5.63. The molecule has 1 aromatic heterocycles. The zero-order chi connectivity index (χ0) is 22.0. The van der Waals surface area contributed by atoms with E-state index >= 15 is 0 Å². The molecule has 0 saturated carbocycles. The smallest absolute Gasteiger partial charge is 0.251 e. The number of aromatic nitrogens is 1. The Morgan fingerprint density at radius 2 is 1.71 bits per heavy atom. The molecular weight excluding hydrogens is 414 g/mol. The Hall–Kier alpha value is -2.97. The van der Waals surface area contributed by atoms with Gasteiger partial charge < -0.3 is 9.88 Å². The second-order valence-electron chi connectivity index (χ2n) is 7.77. The number of aryl methyl sites for hydroxylation is 2. The van der Waals surface area contributed by atoms with E-state index in [1.807, 2.05) is 31.2 Å². The monoisotopic (exact) mass is 439 g/mol. The average Bonchev–Trinajstić information content (AvgIpc) is 3.30. The molecule has 2 aromatic carbocycles. The number of amides is 1. The van der Waals surface area contributed by atoms with E-state index in [0.29, 0.717) is 18.8 Å². The van der Waals surface area contributed by atoms with Crippen LogP contribution in [0.15, 0.2) is 64.3 Å². The maximum atomic E-state index is 12.6. The first-order chi connectivity index (χ1) is 14.9. The van der Waals surface area contributed by atoms with Crippen LogP contribution in [0.1, 0.15) is 24.8 Å². The second kappa shape index (κ2) is 8.64. The fourth-order valence-electron chi connectivity index (χ4n) is 3.96. The number of benzene rings is 2. The van der Waals surface area contributed by atoms with Gasteiger partial charge in [-0.25, -0.2) is 8.42 Å². The average molecular weight is 440 g/mol. The Bertz CT molecular complexity index is 1270. The van der Waals surface area contributed by atoms with Crippen molar-refractivity contribution in [3.8, 4) is 0 Å². The molecule has 1 fully saturated rings. The van der Waals surface area contributed by atoms with Gasteiger partial charge in [0.05, 0.1) is 10.4 Å². The molecule has 162 valence electrons. The van der Waals surface area contributed by atoms with Gasteiger partial charge in [-0.15, -0.1) is 0 Å². The zero-order valence-corrected chi connectivity index (χ0v) is 18.2. The van der Waals surface area contributed by atoms with Gasteiger partial charge >= 0.3 is 0 Å². The van der Waals surface area contributed by atoms with Crippen LogP contribution >= 0.6 is 0 Å². The van der Waals surface area contributed by atoms with Gasteiger partial charge in [-0.05, 0) is 55.7 Å². The van der Waals surface area contributed by atoms with Gasteiger partial charge in [0, 0.05) is 43.2 Å². The molecule has 0 bridgehead atoms. The van der Waals surface area contributed by atoms with Gasteiger partial charge in [-0.3, -0.25) is 9.59 Å². The molecule has 4 rings (SSSR count). The van der Waals surface area contributed by atoms with Crippen molar-refractivity contribution in [2.75, 3.05) is 18.4 Å². The molecule has 3 aromatic rings. The molecule has 8 heteroatoms. The number of rotatable bonds is 6. The topological polar surface area (TPSA) is 88.5 Å². The van der Waals surface area contributed by atoms with Crippen molar-refractivity contribution < 1.29 is 13.2 Å². The number of hydrogen-bond donors (Lipinski definition) is 1. The van der Waals surface area contributed by atoms with Crippen LogP contribution in [0.2, 0.25) is 0 Å². The molecule has 0 spiro atoms. The van der Waals surface area contributed by atoms with E-state index in [4.69, 9.17) is 0 Å². The number of carbonyl (C=O) groups is 1. The van der Waals surface area contributed by atoms with Crippen LogP contribution in [0.4, 0.5) is 5.69 Å². The Balaban J connectivity index is 1.43. The van der Waals surface area contributed by atoms with Crippen LogP contribution in [-0.2, 0) is 21.4 Å². The van der Waals surface area contributed by atoms with Crippen molar-refractivity contribution in [1.82, 2.24) is 8.87 Å². The minimum Gasteiger partial charge on any atom is -0.326 e. The van der Waals surface area contributed by atoms with Crippen LogP contribution in [0.25, 0.3) is 10.9 Å². The summed E-state index contributed by atoms with van der Waals surface area (Å²) in [7, 11) is -3.48. The molecule has 1 aliphatic heterocycles. The van der Waals surface area contributed by atoms with Crippen molar-refractivity contribution >= 4 is 32.5 Å². The minimum absolute atomic E-state index is 0.126. The van der Waals surface area contributed by atoms with E-state index in [2.05, 4.69) is 5.32 Å². The van der Waals surface area contributed by atoms with Crippen molar-refractivity contribution in [1.29, 1.82) is 0 Å². The van der Waals surface area contributed by atoms with Crippen LogP contribution in [0, 0.1) is 6.92 Å². The zero-order valence-electron chi connectivity index (χ0n) is 17.4. The third-order valence-corrected chi connectivity index (χ3v) is 7.54. The molecule has 7 nitrogen and oxygen atoms in total. The number of fused-ring (bicyclic) bond motifs is 1. The van der Waals surface area contributed by atoms with Crippen molar-refractivity contribution in [3.63, 3.8) is 0 Å². The molecule has 0 aliphatic carbocycles. The first kappa shape index (κ1) is 21.3. The lowest BCUT2D eigenvalue weighted by molar-refractivity contribution is -0.116. The van der Waals surface area contributed by atoms with E-state index in [1.165, 1.54) is 16.4 Å². The third kappa shape index (κ3) is 4.40. The first-order valence-electron chi connectivity index (χ1n) is 10.4. The Kier molecular flexibility index (Phi) is 5.93. The molecule has 2 heterocycles. The molecular formula is C23H25N3O4S. The van der Waals surface area contributed by atoms with Gasteiger partial charge in [0.1, 0.15) is 0 Å². The summed E-state index contributed by atoms with van der Waals surface area (Å²) in [5, 5.41) is 3.76. The minimum atomic E-state index is -3.48. The largest absolute Gasteiger partial charge is 0.326 e. The second-order valence-corrected chi connectivity index (χ2v) is 9.71. The summed E-state index contributed by atoms with van der Waals surface area (Å²) in [6, 6.07) is 15.4. The van der Waals surface area contributed by atoms with Crippen LogP contribution < -0.4 is 10.9 Å². The molecule has 0 radical (unpaired) electrons. The summed E-state index contributed by atoms with van der Waals surface area (Å²) >= 11 is 0. The van der Waals surface area contributed by atoms with Gasteiger partial charge in [0.2, 0.25) is 15.9 Å². The quantitative estimate of drug-likeness (QED) is 0.639. The number of anilines is 1. The number of nitrogens with one attached hydrogen (secondary N) is 1. The number of carbonyl (C=O) groups excluding carboxylic acids is 1. The Labute approximate surface area is 181 Å². The lowest BCUT2D eigenvalue weighted by atomic mass is 10.1. The Morgan fingerprint density at radius 3 is 2.42 bits per heavy atom. The summed E-state index contributed by atoms with van der Waals surface area (Å²) in [6.07, 6.45) is 1.89. The predicted octanol–water partition coefficient (Wildman–Crippen LogP) is 3.12. The molecule has 0 atom stereocenters. The maximum Gasteiger partial charge on any atom is 0.251 e. The summed E-state index contributed by atoms with van der Waals surface area (Å²) in [4.78, 5) is 25.1. The predicted molar refractivity (Wildman–Crippen MR) is 121 cm³/mol. The number of hydrogen-bond acceptors (Lipinski definition) is 4. The van der Waals surface area contributed by atoms with E-state index in [-0.39, 0.29) is 29.3 Å². The van der Waals surface area contributed by atoms with Gasteiger partial charge in [-0.1, -0.05) is 18.2 Å². The lowest BCUT2D eigenvalue weighted by Gasteiger charge is -2.16. The Morgan fingerprint density at radius 1 is 1.03 bits per heavy atom. The highest BCUT2D eigenvalue weighted by Gasteiger charge is 2.26. The lowest BCUT2D eigenvalue weighted by Crippen LogP contribution is -2.27. The molecule has 0 unspecified atom stereocenters. The molecule has 1 amide bonds.